The van der Waals surface area contributed by atoms with Gasteiger partial charge in [0.1, 0.15) is 6.54 Å². The van der Waals surface area contributed by atoms with Gasteiger partial charge in [-0.2, -0.15) is 0 Å². The lowest BCUT2D eigenvalue weighted by molar-refractivity contribution is -0.127. The van der Waals surface area contributed by atoms with E-state index in [1.807, 2.05) is 0 Å². The fourth-order valence-corrected chi connectivity index (χ4v) is 3.81. The molecule has 0 atom stereocenters. The lowest BCUT2D eigenvalue weighted by Crippen LogP contribution is -2.60. The molecular weight excluding hydrogens is 330 g/mol. The number of amides is 1. The van der Waals surface area contributed by atoms with Crippen LogP contribution in [0, 0.1) is 0 Å². The topological polar surface area (TPSA) is 69.2 Å². The molecule has 0 aromatic carbocycles. The van der Waals surface area contributed by atoms with Gasteiger partial charge >= 0.3 is 0 Å². The van der Waals surface area contributed by atoms with E-state index in [9.17, 15) is 4.79 Å². The van der Waals surface area contributed by atoms with Crippen molar-refractivity contribution >= 4 is 11.9 Å². The molecule has 1 saturated carbocycles. The van der Waals surface area contributed by atoms with E-state index in [1.165, 1.54) is 32.1 Å². The van der Waals surface area contributed by atoms with Gasteiger partial charge in [-0.1, -0.05) is 26.2 Å². The highest BCUT2D eigenvalue weighted by Gasteiger charge is 2.38. The minimum Gasteiger partial charge on any atom is -0.379 e. The summed E-state index contributed by atoms with van der Waals surface area (Å²) in [5.41, 5.74) is 0.183. The molecule has 1 aliphatic heterocycles. The molecule has 0 aromatic heterocycles. The smallest absolute Gasteiger partial charge is 0.243 e. The van der Waals surface area contributed by atoms with Crippen molar-refractivity contribution in [2.75, 3.05) is 60.0 Å². The van der Waals surface area contributed by atoms with E-state index < -0.39 is 0 Å². The predicted octanol–water partition coefficient (Wildman–Crippen LogP) is 1.05. The third-order valence-electron chi connectivity index (χ3n) is 5.46. The molecule has 7 heteroatoms. The maximum atomic E-state index is 11.9. The molecule has 0 bridgehead atoms. The Morgan fingerprint density at radius 3 is 2.46 bits per heavy atom. The van der Waals surface area contributed by atoms with Gasteiger partial charge in [-0.25, -0.2) is 4.99 Å². The van der Waals surface area contributed by atoms with Crippen LogP contribution in [0.1, 0.15) is 45.4 Å². The van der Waals surface area contributed by atoms with E-state index in [1.54, 1.807) is 19.0 Å². The summed E-state index contributed by atoms with van der Waals surface area (Å²) in [6.45, 7) is 7.71. The van der Waals surface area contributed by atoms with Crippen LogP contribution in [0.15, 0.2) is 4.99 Å². The maximum Gasteiger partial charge on any atom is 0.243 e. The Hall–Kier alpha value is -1.34. The number of carbonyl (C=O) groups excluding carboxylic acids is 1. The normalized spacial score (nSPS) is 21.3. The molecule has 1 heterocycles. The first-order chi connectivity index (χ1) is 12.6. The van der Waals surface area contributed by atoms with Crippen LogP contribution in [-0.2, 0) is 9.53 Å². The van der Waals surface area contributed by atoms with Crippen molar-refractivity contribution < 1.29 is 9.53 Å². The summed E-state index contributed by atoms with van der Waals surface area (Å²) in [7, 11) is 3.53. The number of hydrogen-bond donors (Lipinski definition) is 2. The Balaban J connectivity index is 2.01. The summed E-state index contributed by atoms with van der Waals surface area (Å²) in [4.78, 5) is 20.6. The molecule has 150 valence electrons. The van der Waals surface area contributed by atoms with Gasteiger partial charge in [0.15, 0.2) is 5.96 Å². The first-order valence-electron chi connectivity index (χ1n) is 10.1. The first-order valence-corrected chi connectivity index (χ1v) is 10.1. The molecule has 0 aromatic rings. The second-order valence-electron chi connectivity index (χ2n) is 7.62. The second kappa shape index (κ2) is 10.7. The van der Waals surface area contributed by atoms with E-state index in [2.05, 4.69) is 27.4 Å². The van der Waals surface area contributed by atoms with Crippen molar-refractivity contribution in [3.8, 4) is 0 Å². The van der Waals surface area contributed by atoms with Gasteiger partial charge in [-0.3, -0.25) is 9.69 Å². The van der Waals surface area contributed by atoms with Crippen molar-refractivity contribution in [3.05, 3.63) is 0 Å². The number of rotatable bonds is 7. The SMILES string of the molecule is CCCNC(=NCC(=O)N(C)C)NCC1(N2CCOCC2)CCCCC1. The average molecular weight is 368 g/mol. The number of carbonyl (C=O) groups is 1. The Morgan fingerprint density at radius 1 is 1.15 bits per heavy atom. The van der Waals surface area contributed by atoms with Crippen molar-refractivity contribution in [2.45, 2.75) is 51.0 Å². The average Bonchev–Trinajstić information content (AvgIpc) is 2.68. The van der Waals surface area contributed by atoms with Gasteiger partial charge in [0, 0.05) is 45.8 Å². The van der Waals surface area contributed by atoms with E-state index in [0.29, 0.717) is 0 Å². The summed E-state index contributed by atoms with van der Waals surface area (Å²) in [5, 5.41) is 6.89. The van der Waals surface area contributed by atoms with Crippen LogP contribution in [0.3, 0.4) is 0 Å². The Kier molecular flexibility index (Phi) is 8.65. The highest BCUT2D eigenvalue weighted by Crippen LogP contribution is 2.33. The third kappa shape index (κ3) is 6.13. The summed E-state index contributed by atoms with van der Waals surface area (Å²) >= 11 is 0. The van der Waals surface area contributed by atoms with E-state index in [-0.39, 0.29) is 18.0 Å². The summed E-state index contributed by atoms with van der Waals surface area (Å²) < 4.78 is 5.56. The molecule has 2 rings (SSSR count). The van der Waals surface area contributed by atoms with E-state index in [0.717, 1.165) is 51.8 Å². The number of guanidine groups is 1. The lowest BCUT2D eigenvalue weighted by Gasteiger charge is -2.48. The number of ether oxygens (including phenoxy) is 1. The van der Waals surface area contributed by atoms with Crippen LogP contribution >= 0.6 is 0 Å². The molecule has 0 radical (unpaired) electrons. The maximum absolute atomic E-state index is 11.9. The molecule has 0 unspecified atom stereocenters. The van der Waals surface area contributed by atoms with Crippen molar-refractivity contribution in [3.63, 3.8) is 0 Å². The first kappa shape index (κ1) is 21.0. The predicted molar refractivity (Wildman–Crippen MR) is 106 cm³/mol. The number of nitrogens with zero attached hydrogens (tertiary/aromatic N) is 3. The van der Waals surface area contributed by atoms with Crippen molar-refractivity contribution in [1.82, 2.24) is 20.4 Å². The van der Waals surface area contributed by atoms with Crippen LogP contribution < -0.4 is 10.6 Å². The van der Waals surface area contributed by atoms with Gasteiger partial charge in [0.2, 0.25) is 5.91 Å². The van der Waals surface area contributed by atoms with Crippen LogP contribution in [0.5, 0.6) is 0 Å². The second-order valence-corrected chi connectivity index (χ2v) is 7.62. The Morgan fingerprint density at radius 2 is 1.85 bits per heavy atom. The van der Waals surface area contributed by atoms with Crippen molar-refractivity contribution in [1.29, 1.82) is 0 Å². The van der Waals surface area contributed by atoms with Gasteiger partial charge in [0.05, 0.1) is 13.2 Å². The monoisotopic (exact) mass is 367 g/mol. The molecule has 2 aliphatic rings. The van der Waals surface area contributed by atoms with Crippen LogP contribution in [-0.4, -0.2) is 87.2 Å². The third-order valence-corrected chi connectivity index (χ3v) is 5.46. The summed E-state index contributed by atoms with van der Waals surface area (Å²) in [6, 6.07) is 0. The van der Waals surface area contributed by atoms with Crippen LogP contribution in [0.25, 0.3) is 0 Å². The zero-order valence-electron chi connectivity index (χ0n) is 16.9. The molecule has 26 heavy (non-hydrogen) atoms. The summed E-state index contributed by atoms with van der Waals surface area (Å²) in [5.74, 6) is 0.767. The van der Waals surface area contributed by atoms with Gasteiger partial charge in [0.25, 0.3) is 0 Å². The molecule has 7 nitrogen and oxygen atoms in total. The number of morpholine rings is 1. The zero-order chi connectivity index (χ0) is 18.8. The van der Waals surface area contributed by atoms with Crippen LogP contribution in [0.2, 0.25) is 0 Å². The number of hydrogen-bond acceptors (Lipinski definition) is 4. The fourth-order valence-electron chi connectivity index (χ4n) is 3.81. The highest BCUT2D eigenvalue weighted by molar-refractivity contribution is 5.84. The standard InChI is InChI=1S/C19H37N5O2/c1-4-10-20-18(21-15-17(25)23(2)3)22-16-19(8-6-5-7-9-19)24-11-13-26-14-12-24/h4-16H2,1-3H3,(H2,20,21,22). The van der Waals surface area contributed by atoms with Crippen molar-refractivity contribution in [2.24, 2.45) is 4.99 Å². The van der Waals surface area contributed by atoms with Crippen LogP contribution in [0.4, 0.5) is 0 Å². The molecular formula is C19H37N5O2. The Labute approximate surface area is 158 Å². The zero-order valence-corrected chi connectivity index (χ0v) is 16.9. The molecule has 1 aliphatic carbocycles. The number of nitrogens with one attached hydrogen (secondary N) is 2. The minimum atomic E-state index is 0.0168. The molecule has 1 amide bonds. The minimum absolute atomic E-state index is 0.0168. The number of aliphatic imine (C=N–C) groups is 1. The molecule has 2 N–H and O–H groups in total. The quantitative estimate of drug-likeness (QED) is 0.520. The van der Waals surface area contributed by atoms with Gasteiger partial charge in [-0.15, -0.1) is 0 Å². The summed E-state index contributed by atoms with van der Waals surface area (Å²) in [6.07, 6.45) is 7.37. The van der Waals surface area contributed by atoms with Gasteiger partial charge < -0.3 is 20.3 Å². The van der Waals surface area contributed by atoms with Gasteiger partial charge in [-0.05, 0) is 19.3 Å². The fraction of sp³-hybridized carbons (Fsp3) is 0.895. The largest absolute Gasteiger partial charge is 0.379 e. The Bertz CT molecular complexity index is 455. The van der Waals surface area contributed by atoms with E-state index in [4.69, 9.17) is 4.74 Å². The molecule has 0 spiro atoms. The molecule has 2 fully saturated rings. The molecule has 1 saturated heterocycles. The highest BCUT2D eigenvalue weighted by atomic mass is 16.5. The van der Waals surface area contributed by atoms with E-state index >= 15 is 0 Å². The lowest BCUT2D eigenvalue weighted by atomic mass is 9.80. The number of likely N-dealkylation sites (N-methyl/N-ethyl adjacent to an activating group) is 1.